The van der Waals surface area contributed by atoms with Crippen molar-refractivity contribution in [3.05, 3.63) is 136 Å². The van der Waals surface area contributed by atoms with Crippen molar-refractivity contribution in [2.75, 3.05) is 50.6 Å². The van der Waals surface area contributed by atoms with E-state index in [4.69, 9.17) is 9.47 Å². The van der Waals surface area contributed by atoms with Gasteiger partial charge < -0.3 is 29.6 Å². The van der Waals surface area contributed by atoms with Crippen LogP contribution in [0.5, 0.6) is 11.5 Å². The Balaban J connectivity index is 0.993. The molecule has 4 heterocycles. The van der Waals surface area contributed by atoms with Gasteiger partial charge in [0, 0.05) is 55.7 Å². The van der Waals surface area contributed by atoms with Crippen LogP contribution in [0.15, 0.2) is 114 Å². The number of hydrogen-bond donors (Lipinski definition) is 3. The topological polar surface area (TPSA) is 172 Å². The van der Waals surface area contributed by atoms with E-state index in [1.807, 2.05) is 18.2 Å². The van der Waals surface area contributed by atoms with Crippen molar-refractivity contribution < 1.29 is 27.6 Å². The van der Waals surface area contributed by atoms with E-state index in [2.05, 4.69) is 80.3 Å². The highest BCUT2D eigenvalue weighted by molar-refractivity contribution is 7.90. The van der Waals surface area contributed by atoms with Gasteiger partial charge in [-0.05, 0) is 129 Å². The third kappa shape index (κ3) is 8.73. The minimum absolute atomic E-state index is 0.0590. The molecule has 3 aliphatic rings. The maximum atomic E-state index is 14.0. The first-order valence-electron chi connectivity index (χ1n) is 21.1. The Morgan fingerprint density at radius 3 is 2.45 bits per heavy atom. The minimum Gasteiger partial charge on any atom is -0.455 e. The van der Waals surface area contributed by atoms with Crippen molar-refractivity contribution in [2.45, 2.75) is 55.0 Å². The van der Waals surface area contributed by atoms with Crippen molar-refractivity contribution >= 4 is 44.0 Å². The van der Waals surface area contributed by atoms with Gasteiger partial charge in [-0.25, -0.2) is 18.1 Å². The lowest BCUT2D eigenvalue weighted by Gasteiger charge is -2.29. The summed E-state index contributed by atoms with van der Waals surface area (Å²) in [6.07, 6.45) is 8.42. The van der Waals surface area contributed by atoms with Crippen LogP contribution >= 0.6 is 0 Å². The van der Waals surface area contributed by atoms with Crippen LogP contribution in [0.2, 0.25) is 0 Å². The molecule has 1 saturated carbocycles. The monoisotopic (exact) mass is 855 g/mol. The smallest absolute Gasteiger partial charge is 0.293 e. The SMILES string of the molecule is CN(C)C1CC(c2ccccc2C2CC2)N(c2ccc(-c3ccc(C(=O)NS(=O)(=O)c4ccc(NCC5CCOCC5)c([N+](=O)[O-])c4)c(Oc4cnc5[nH]ccc5c4)c3)cc2)C1. The average Bonchev–Trinajstić information content (AvgIpc) is 3.85. The van der Waals surface area contributed by atoms with Crippen molar-refractivity contribution in [3.8, 4) is 22.6 Å². The third-order valence-electron chi connectivity index (χ3n) is 12.4. The van der Waals surface area contributed by atoms with Crippen LogP contribution in [0, 0.1) is 16.0 Å². The number of pyridine rings is 1. The molecule has 2 atom stereocenters. The number of carbonyl (C=O) groups excluding carboxylic acids is 1. The minimum atomic E-state index is -4.57. The summed E-state index contributed by atoms with van der Waals surface area (Å²) in [5.41, 5.74) is 5.96. The zero-order valence-corrected chi connectivity index (χ0v) is 35.4. The lowest BCUT2D eigenvalue weighted by atomic mass is 9.94. The molecule has 0 radical (unpaired) electrons. The predicted molar refractivity (Wildman–Crippen MR) is 238 cm³/mol. The van der Waals surface area contributed by atoms with E-state index >= 15 is 0 Å². The second kappa shape index (κ2) is 17.2. The number of amides is 1. The van der Waals surface area contributed by atoms with Crippen molar-refractivity contribution in [1.29, 1.82) is 0 Å². The first-order chi connectivity index (χ1) is 30.0. The average molecular weight is 856 g/mol. The van der Waals surface area contributed by atoms with Gasteiger partial charge in [0.2, 0.25) is 0 Å². The number of benzene rings is 4. The van der Waals surface area contributed by atoms with E-state index in [0.717, 1.165) is 54.1 Å². The fraction of sp³-hybridized carbons (Fsp3) is 0.319. The maximum absolute atomic E-state index is 14.0. The molecule has 320 valence electrons. The van der Waals surface area contributed by atoms with Gasteiger partial charge in [0.05, 0.1) is 27.6 Å². The first kappa shape index (κ1) is 41.1. The molecule has 6 aromatic rings. The highest BCUT2D eigenvalue weighted by atomic mass is 32.2. The van der Waals surface area contributed by atoms with Crippen molar-refractivity contribution in [1.82, 2.24) is 19.6 Å². The van der Waals surface area contributed by atoms with Gasteiger partial charge in [-0.1, -0.05) is 42.5 Å². The summed E-state index contributed by atoms with van der Waals surface area (Å²) in [7, 11) is -0.284. The molecule has 15 heteroatoms. The number of nitrogens with zero attached hydrogens (tertiary/aromatic N) is 4. The molecular formula is C47H49N7O7S. The molecule has 1 aliphatic carbocycles. The molecule has 2 aromatic heterocycles. The number of fused-ring (bicyclic) bond motifs is 1. The second-order valence-electron chi connectivity index (χ2n) is 16.7. The standard InChI is InChI=1S/C47H49N7O7S/c1-52(2)36-25-43(40-6-4-3-5-39(40)32-7-8-32)53(29-36)35-12-9-31(10-13-35)33-11-15-41(45(24-33)61-37-23-34-17-20-48-46(34)50-28-37)47(55)51-62(58,59)38-14-16-42(44(26-38)54(56)57)49-27-30-18-21-60-22-19-30/h3-6,9-17,20,23-24,26,28,30,32,36,43,49H,7-8,18-19,21-22,25,27,29H2,1-2H3,(H,48,50)(H,51,55). The summed E-state index contributed by atoms with van der Waals surface area (Å²) in [6, 6.07) is 30.0. The summed E-state index contributed by atoms with van der Waals surface area (Å²) >= 11 is 0. The quantitative estimate of drug-likeness (QED) is 0.0707. The lowest BCUT2D eigenvalue weighted by molar-refractivity contribution is -0.384. The Labute approximate surface area is 360 Å². The summed E-state index contributed by atoms with van der Waals surface area (Å²) in [6.45, 7) is 2.62. The van der Waals surface area contributed by atoms with Crippen LogP contribution in [0.4, 0.5) is 17.1 Å². The number of nitro groups is 1. The third-order valence-corrected chi connectivity index (χ3v) is 13.7. The highest BCUT2D eigenvalue weighted by Crippen LogP contribution is 2.47. The van der Waals surface area contributed by atoms with Gasteiger partial charge in [0.25, 0.3) is 21.6 Å². The number of likely N-dealkylation sites (N-methyl/N-ethyl adjacent to an activating group) is 1. The summed E-state index contributed by atoms with van der Waals surface area (Å²) < 4.78 is 41.2. The molecule has 2 unspecified atom stereocenters. The number of aromatic amines is 1. The Bertz CT molecular complexity index is 2730. The van der Waals surface area contributed by atoms with E-state index in [-0.39, 0.29) is 29.0 Å². The molecule has 3 fully saturated rings. The van der Waals surface area contributed by atoms with Crippen molar-refractivity contribution in [2.24, 2.45) is 5.92 Å². The number of hydrogen-bond acceptors (Lipinski definition) is 11. The van der Waals surface area contributed by atoms with Crippen molar-refractivity contribution in [3.63, 3.8) is 0 Å². The Kier molecular flexibility index (Phi) is 11.4. The highest BCUT2D eigenvalue weighted by Gasteiger charge is 2.38. The summed E-state index contributed by atoms with van der Waals surface area (Å²) in [5, 5.41) is 16.0. The van der Waals surface area contributed by atoms with E-state index in [0.29, 0.717) is 43.1 Å². The lowest BCUT2D eigenvalue weighted by Crippen LogP contribution is -2.31. The van der Waals surface area contributed by atoms with Crippen LogP contribution in [0.25, 0.3) is 22.2 Å². The molecule has 3 N–H and O–H groups in total. The molecule has 4 aromatic carbocycles. The van der Waals surface area contributed by atoms with Gasteiger partial charge in [-0.15, -0.1) is 0 Å². The normalized spacial score (nSPS) is 18.3. The number of nitrogens with one attached hydrogen (secondary N) is 3. The van der Waals surface area contributed by atoms with Crippen LogP contribution in [0.3, 0.4) is 0 Å². The van der Waals surface area contributed by atoms with E-state index < -0.39 is 31.4 Å². The van der Waals surface area contributed by atoms with Crippen LogP contribution in [0.1, 0.15) is 65.5 Å². The maximum Gasteiger partial charge on any atom is 0.293 e. The van der Waals surface area contributed by atoms with Gasteiger partial charge in [0.1, 0.15) is 22.8 Å². The Morgan fingerprint density at radius 2 is 1.71 bits per heavy atom. The Morgan fingerprint density at radius 1 is 0.952 bits per heavy atom. The molecule has 14 nitrogen and oxygen atoms in total. The predicted octanol–water partition coefficient (Wildman–Crippen LogP) is 8.65. The van der Waals surface area contributed by atoms with E-state index in [1.165, 1.54) is 48.4 Å². The number of rotatable bonds is 14. The molecule has 2 saturated heterocycles. The summed E-state index contributed by atoms with van der Waals surface area (Å²) in [4.78, 5) is 37.3. The second-order valence-corrected chi connectivity index (χ2v) is 18.4. The number of carbonyl (C=O) groups is 1. The van der Waals surface area contributed by atoms with Crippen LogP contribution in [-0.4, -0.2) is 80.6 Å². The molecule has 0 spiro atoms. The number of aromatic nitrogens is 2. The number of sulfonamides is 1. The van der Waals surface area contributed by atoms with Crippen LogP contribution in [-0.2, 0) is 14.8 Å². The number of H-pyrrole nitrogens is 1. The number of anilines is 2. The molecular weight excluding hydrogens is 807 g/mol. The summed E-state index contributed by atoms with van der Waals surface area (Å²) in [5.74, 6) is 0.374. The molecule has 1 amide bonds. The van der Waals surface area contributed by atoms with Gasteiger partial charge in [-0.3, -0.25) is 14.9 Å². The molecule has 62 heavy (non-hydrogen) atoms. The number of ether oxygens (including phenoxy) is 2. The fourth-order valence-corrected chi connectivity index (χ4v) is 9.68. The Hall–Kier alpha value is -6.29. The van der Waals surface area contributed by atoms with Gasteiger partial charge in [-0.2, -0.15) is 0 Å². The van der Waals surface area contributed by atoms with Gasteiger partial charge >= 0.3 is 0 Å². The number of nitro benzene ring substituents is 1. The van der Waals surface area contributed by atoms with Crippen LogP contribution < -0.4 is 19.7 Å². The first-order valence-corrected chi connectivity index (χ1v) is 22.5. The zero-order valence-electron chi connectivity index (χ0n) is 34.6. The zero-order chi connectivity index (χ0) is 43.0. The molecule has 0 bridgehead atoms. The molecule has 9 rings (SSSR count). The largest absolute Gasteiger partial charge is 0.455 e. The fourth-order valence-electron chi connectivity index (χ4n) is 8.69. The molecule has 2 aliphatic heterocycles. The van der Waals surface area contributed by atoms with E-state index in [9.17, 15) is 23.3 Å². The van der Waals surface area contributed by atoms with Gasteiger partial charge in [0.15, 0.2) is 0 Å². The van der Waals surface area contributed by atoms with E-state index in [1.54, 1.807) is 24.4 Å².